The van der Waals surface area contributed by atoms with Crippen molar-refractivity contribution in [1.29, 1.82) is 0 Å². The number of nitrogens with zero attached hydrogens (tertiary/aromatic N) is 4. The fourth-order valence-corrected chi connectivity index (χ4v) is 3.79. The first-order valence-electron chi connectivity index (χ1n) is 9.45. The Balaban J connectivity index is 1.57. The van der Waals surface area contributed by atoms with Crippen molar-refractivity contribution in [3.8, 4) is 0 Å². The van der Waals surface area contributed by atoms with Crippen LogP contribution in [0.3, 0.4) is 0 Å². The average Bonchev–Trinajstić information content (AvgIpc) is 3.26. The number of hydrogen-bond donors (Lipinski definition) is 0. The zero-order valence-electron chi connectivity index (χ0n) is 15.5. The Bertz CT molecular complexity index is 699. The SMILES string of the molecule is CCn1ncc2c1[C@H](COCC1CC1)N(Cc1c(C)noc1C)CC2. The van der Waals surface area contributed by atoms with E-state index in [0.717, 1.165) is 56.6 Å². The summed E-state index contributed by atoms with van der Waals surface area (Å²) in [4.78, 5) is 2.51. The third-order valence-electron chi connectivity index (χ3n) is 5.55. The minimum absolute atomic E-state index is 0.249. The lowest BCUT2D eigenvalue weighted by Gasteiger charge is -2.36. The second-order valence-electron chi connectivity index (χ2n) is 7.39. The van der Waals surface area contributed by atoms with Crippen LogP contribution in [0.5, 0.6) is 0 Å². The molecule has 0 bridgehead atoms. The second-order valence-corrected chi connectivity index (χ2v) is 7.39. The highest BCUT2D eigenvalue weighted by Gasteiger charge is 2.33. The lowest BCUT2D eigenvalue weighted by Crippen LogP contribution is -2.39. The molecule has 0 spiro atoms. The zero-order chi connectivity index (χ0) is 17.4. The van der Waals surface area contributed by atoms with Crippen molar-refractivity contribution in [2.45, 2.75) is 59.2 Å². The zero-order valence-corrected chi connectivity index (χ0v) is 15.5. The van der Waals surface area contributed by atoms with Crippen LogP contribution in [0.4, 0.5) is 0 Å². The van der Waals surface area contributed by atoms with Gasteiger partial charge < -0.3 is 9.26 Å². The van der Waals surface area contributed by atoms with E-state index in [1.54, 1.807) is 0 Å². The number of aryl methyl sites for hydroxylation is 3. The van der Waals surface area contributed by atoms with Gasteiger partial charge in [0.1, 0.15) is 5.76 Å². The van der Waals surface area contributed by atoms with Gasteiger partial charge in [0.25, 0.3) is 0 Å². The van der Waals surface area contributed by atoms with Gasteiger partial charge in [-0.1, -0.05) is 5.16 Å². The van der Waals surface area contributed by atoms with Gasteiger partial charge in [0.2, 0.25) is 0 Å². The smallest absolute Gasteiger partial charge is 0.138 e. The highest BCUT2D eigenvalue weighted by Crippen LogP contribution is 2.34. The van der Waals surface area contributed by atoms with Gasteiger partial charge in [-0.3, -0.25) is 9.58 Å². The van der Waals surface area contributed by atoms with Crippen LogP contribution >= 0.6 is 0 Å². The Morgan fingerprint density at radius 3 is 2.80 bits per heavy atom. The van der Waals surface area contributed by atoms with E-state index in [2.05, 4.69) is 26.8 Å². The van der Waals surface area contributed by atoms with E-state index in [9.17, 15) is 0 Å². The maximum atomic E-state index is 6.11. The van der Waals surface area contributed by atoms with Crippen molar-refractivity contribution in [2.75, 3.05) is 19.8 Å². The summed E-state index contributed by atoms with van der Waals surface area (Å²) in [6, 6.07) is 0.249. The molecule has 1 fully saturated rings. The summed E-state index contributed by atoms with van der Waals surface area (Å²) in [7, 11) is 0. The average molecular weight is 344 g/mol. The molecular weight excluding hydrogens is 316 g/mol. The van der Waals surface area contributed by atoms with Gasteiger partial charge in [-0.25, -0.2) is 0 Å². The van der Waals surface area contributed by atoms with Crippen molar-refractivity contribution in [3.63, 3.8) is 0 Å². The predicted molar refractivity (Wildman–Crippen MR) is 94.3 cm³/mol. The molecule has 6 heteroatoms. The van der Waals surface area contributed by atoms with E-state index in [0.29, 0.717) is 0 Å². The molecule has 1 saturated carbocycles. The molecule has 6 nitrogen and oxygen atoms in total. The van der Waals surface area contributed by atoms with Gasteiger partial charge in [0, 0.05) is 31.8 Å². The van der Waals surface area contributed by atoms with Gasteiger partial charge in [-0.15, -0.1) is 0 Å². The van der Waals surface area contributed by atoms with E-state index in [-0.39, 0.29) is 6.04 Å². The predicted octanol–water partition coefficient (Wildman–Crippen LogP) is 3.03. The molecule has 0 radical (unpaired) electrons. The molecule has 4 rings (SSSR count). The van der Waals surface area contributed by atoms with Crippen molar-refractivity contribution in [1.82, 2.24) is 19.8 Å². The number of aromatic nitrogens is 3. The van der Waals surface area contributed by atoms with Crippen molar-refractivity contribution >= 4 is 0 Å². The standard InChI is InChI=1S/C19H28N4O2/c1-4-23-19-16(9-20-23)7-8-22(10-17-13(2)21-25-14(17)3)18(19)12-24-11-15-5-6-15/h9,15,18H,4-8,10-12H2,1-3H3/t18-/m0/s1. The minimum Gasteiger partial charge on any atom is -0.379 e. The topological polar surface area (TPSA) is 56.3 Å². The highest BCUT2D eigenvalue weighted by atomic mass is 16.5. The Kier molecular flexibility index (Phi) is 4.65. The van der Waals surface area contributed by atoms with Gasteiger partial charge in [0.05, 0.1) is 30.2 Å². The van der Waals surface area contributed by atoms with E-state index in [1.165, 1.54) is 29.7 Å². The summed E-state index contributed by atoms with van der Waals surface area (Å²) < 4.78 is 13.6. The van der Waals surface area contributed by atoms with Crippen LogP contribution in [0.1, 0.15) is 54.1 Å². The number of fused-ring (bicyclic) bond motifs is 1. The number of rotatable bonds is 7. The third kappa shape index (κ3) is 3.37. The fourth-order valence-electron chi connectivity index (χ4n) is 3.79. The van der Waals surface area contributed by atoms with E-state index in [4.69, 9.17) is 9.26 Å². The monoisotopic (exact) mass is 344 g/mol. The lowest BCUT2D eigenvalue weighted by atomic mass is 9.99. The van der Waals surface area contributed by atoms with E-state index >= 15 is 0 Å². The molecule has 2 aliphatic rings. The molecule has 3 heterocycles. The largest absolute Gasteiger partial charge is 0.379 e. The maximum Gasteiger partial charge on any atom is 0.138 e. The van der Waals surface area contributed by atoms with Gasteiger partial charge in [-0.2, -0.15) is 5.10 Å². The highest BCUT2D eigenvalue weighted by molar-refractivity contribution is 5.27. The first kappa shape index (κ1) is 16.8. The minimum atomic E-state index is 0.249. The summed E-state index contributed by atoms with van der Waals surface area (Å²) in [6.45, 7) is 10.6. The van der Waals surface area contributed by atoms with Crippen LogP contribution in [-0.4, -0.2) is 39.6 Å². The molecule has 1 aliphatic heterocycles. The number of hydrogen-bond acceptors (Lipinski definition) is 5. The van der Waals surface area contributed by atoms with Gasteiger partial charge in [-0.05, 0) is 51.5 Å². The fraction of sp³-hybridized carbons (Fsp3) is 0.684. The summed E-state index contributed by atoms with van der Waals surface area (Å²) >= 11 is 0. The molecule has 0 saturated heterocycles. The summed E-state index contributed by atoms with van der Waals surface area (Å²) in [5.41, 5.74) is 4.90. The lowest BCUT2D eigenvalue weighted by molar-refractivity contribution is 0.0406. The summed E-state index contributed by atoms with van der Waals surface area (Å²) in [5.74, 6) is 1.71. The summed E-state index contributed by atoms with van der Waals surface area (Å²) in [6.07, 6.45) is 5.73. The van der Waals surface area contributed by atoms with Crippen LogP contribution in [0.25, 0.3) is 0 Å². The maximum absolute atomic E-state index is 6.11. The molecule has 1 atom stereocenters. The normalized spacial score (nSPS) is 20.8. The van der Waals surface area contributed by atoms with Crippen molar-refractivity contribution in [3.05, 3.63) is 34.5 Å². The van der Waals surface area contributed by atoms with Crippen molar-refractivity contribution in [2.24, 2.45) is 5.92 Å². The molecule has 0 N–H and O–H groups in total. The number of ether oxygens (including phenoxy) is 1. The molecule has 1 aliphatic carbocycles. The van der Waals surface area contributed by atoms with Crippen LogP contribution in [0.2, 0.25) is 0 Å². The van der Waals surface area contributed by atoms with Crippen LogP contribution in [-0.2, 0) is 24.2 Å². The summed E-state index contributed by atoms with van der Waals surface area (Å²) in [5, 5.41) is 8.71. The molecule has 2 aromatic rings. The first-order chi connectivity index (χ1) is 12.2. The Hall–Kier alpha value is -1.66. The molecular formula is C19H28N4O2. The third-order valence-corrected chi connectivity index (χ3v) is 5.55. The Morgan fingerprint density at radius 2 is 2.12 bits per heavy atom. The molecule has 0 aromatic carbocycles. The molecule has 25 heavy (non-hydrogen) atoms. The van der Waals surface area contributed by atoms with Gasteiger partial charge >= 0.3 is 0 Å². The first-order valence-corrected chi connectivity index (χ1v) is 9.45. The van der Waals surface area contributed by atoms with E-state index < -0.39 is 0 Å². The Morgan fingerprint density at radius 1 is 1.28 bits per heavy atom. The van der Waals surface area contributed by atoms with Crippen LogP contribution in [0, 0.1) is 19.8 Å². The molecule has 2 aromatic heterocycles. The van der Waals surface area contributed by atoms with Crippen LogP contribution < -0.4 is 0 Å². The molecule has 136 valence electrons. The van der Waals surface area contributed by atoms with Gasteiger partial charge in [0.15, 0.2) is 0 Å². The van der Waals surface area contributed by atoms with Crippen LogP contribution in [0.15, 0.2) is 10.7 Å². The molecule has 0 amide bonds. The quantitative estimate of drug-likeness (QED) is 0.773. The second kappa shape index (κ2) is 6.92. The van der Waals surface area contributed by atoms with Crippen molar-refractivity contribution < 1.29 is 9.26 Å². The van der Waals surface area contributed by atoms with E-state index in [1.807, 2.05) is 20.0 Å². The Labute approximate surface area is 149 Å². The molecule has 0 unspecified atom stereocenters.